The Morgan fingerprint density at radius 3 is 2.52 bits per heavy atom. The van der Waals surface area contributed by atoms with E-state index >= 15 is 0 Å². The number of halogens is 1. The van der Waals surface area contributed by atoms with Crippen molar-refractivity contribution in [2.75, 3.05) is 26.2 Å². The number of benzene rings is 1. The number of alkyl carbamates (subject to hydrolysis) is 1. The van der Waals surface area contributed by atoms with Crippen LogP contribution >= 0.6 is 12.4 Å². The van der Waals surface area contributed by atoms with Crippen molar-refractivity contribution in [3.05, 3.63) is 35.4 Å². The number of Topliss-reactive ketones (excluding diaryl/α,β-unsaturated/α-hetero) is 1. The second-order valence-electron chi connectivity index (χ2n) is 6.26. The minimum absolute atomic E-state index is 0. The third kappa shape index (κ3) is 7.68. The van der Waals surface area contributed by atoms with E-state index in [1.165, 1.54) is 12.1 Å². The number of hydrogen-bond donors (Lipinski definition) is 5. The van der Waals surface area contributed by atoms with E-state index in [1.807, 2.05) is 0 Å². The van der Waals surface area contributed by atoms with E-state index in [1.54, 1.807) is 12.1 Å². The van der Waals surface area contributed by atoms with E-state index in [9.17, 15) is 24.0 Å². The van der Waals surface area contributed by atoms with Crippen LogP contribution in [-0.2, 0) is 25.7 Å². The molecule has 3 amide bonds. The number of nitrogens with zero attached hydrogens (tertiary/aromatic N) is 1. The molecule has 1 fully saturated rings. The Bertz CT molecular complexity index is 846. The maximum absolute atomic E-state index is 12.3. The molecule has 1 atom stereocenters. The second-order valence-corrected chi connectivity index (χ2v) is 6.26. The Kier molecular flexibility index (Phi) is 10.1. The smallest absolute Gasteiger partial charge is 0.413 e. The molecule has 13 heteroatoms. The third-order valence-corrected chi connectivity index (χ3v) is 4.18. The quantitative estimate of drug-likeness (QED) is 0.181. The van der Waals surface area contributed by atoms with Gasteiger partial charge in [0.05, 0.1) is 6.54 Å². The van der Waals surface area contributed by atoms with Crippen molar-refractivity contribution >= 4 is 48.5 Å². The first-order valence-electron chi connectivity index (χ1n) is 8.89. The average Bonchev–Trinajstić information content (AvgIpc) is 2.72. The van der Waals surface area contributed by atoms with Crippen molar-refractivity contribution in [1.29, 1.82) is 5.41 Å². The summed E-state index contributed by atoms with van der Waals surface area (Å²) in [5.74, 6) is -2.91. The van der Waals surface area contributed by atoms with E-state index in [0.717, 1.165) is 4.90 Å². The summed E-state index contributed by atoms with van der Waals surface area (Å²) in [6.45, 7) is -0.304. The van der Waals surface area contributed by atoms with Crippen molar-refractivity contribution in [1.82, 2.24) is 20.9 Å². The molecular weight excluding hydrogens is 434 g/mol. The molecule has 1 saturated heterocycles. The molecule has 12 nitrogen and oxygen atoms in total. The number of carboxylic acid groups (broad SMARTS) is 1. The van der Waals surface area contributed by atoms with Crippen molar-refractivity contribution in [2.24, 2.45) is 0 Å². The molecule has 5 N–H and O–H groups in total. The molecule has 1 aliphatic heterocycles. The predicted octanol–water partition coefficient (Wildman–Crippen LogP) is -0.874. The topological polar surface area (TPSA) is 178 Å². The Morgan fingerprint density at radius 2 is 1.90 bits per heavy atom. The number of hydrogen-bond acceptors (Lipinski definition) is 8. The Hall–Kier alpha value is -3.51. The molecule has 0 saturated carbocycles. The van der Waals surface area contributed by atoms with Crippen molar-refractivity contribution in [2.45, 2.75) is 12.6 Å². The third-order valence-electron chi connectivity index (χ3n) is 4.18. The fraction of sp³-hybridized carbons (Fsp3) is 0.333. The summed E-state index contributed by atoms with van der Waals surface area (Å²) >= 11 is 0. The number of nitrogens with one attached hydrogen (secondary N) is 4. The highest BCUT2D eigenvalue weighted by Gasteiger charge is 2.34. The molecule has 0 aliphatic carbocycles. The first-order chi connectivity index (χ1) is 14.3. The van der Waals surface area contributed by atoms with Crippen LogP contribution in [0.2, 0.25) is 0 Å². The zero-order valence-electron chi connectivity index (χ0n) is 16.3. The maximum atomic E-state index is 12.3. The predicted molar refractivity (Wildman–Crippen MR) is 109 cm³/mol. The van der Waals surface area contributed by atoms with Crippen LogP contribution in [0.5, 0.6) is 0 Å². The first kappa shape index (κ1) is 25.5. The average molecular weight is 456 g/mol. The molecule has 1 aromatic carbocycles. The summed E-state index contributed by atoms with van der Waals surface area (Å²) in [6, 6.07) is 4.98. The summed E-state index contributed by atoms with van der Waals surface area (Å²) in [6.07, 6.45) is -0.275. The monoisotopic (exact) mass is 455 g/mol. The first-order valence-corrected chi connectivity index (χ1v) is 8.89. The van der Waals surface area contributed by atoms with Crippen molar-refractivity contribution in [3.8, 4) is 0 Å². The Labute approximate surface area is 183 Å². The van der Waals surface area contributed by atoms with Gasteiger partial charge in [0, 0.05) is 25.2 Å². The van der Waals surface area contributed by atoms with E-state index in [0.29, 0.717) is 12.0 Å². The van der Waals surface area contributed by atoms with Crippen LogP contribution in [0.4, 0.5) is 4.79 Å². The number of carboxylic acids is 1. The summed E-state index contributed by atoms with van der Waals surface area (Å²) in [4.78, 5) is 59.7. The Balaban J connectivity index is 0.00000480. The van der Waals surface area contributed by atoms with E-state index < -0.39 is 48.8 Å². The zero-order valence-corrected chi connectivity index (χ0v) is 17.1. The highest BCUT2D eigenvalue weighted by atomic mass is 35.5. The lowest BCUT2D eigenvalue weighted by Gasteiger charge is -2.31. The van der Waals surface area contributed by atoms with Crippen LogP contribution < -0.4 is 16.0 Å². The lowest BCUT2D eigenvalue weighted by molar-refractivity contribution is -0.148. The van der Waals surface area contributed by atoms with E-state index in [-0.39, 0.29) is 37.6 Å². The van der Waals surface area contributed by atoms with Crippen molar-refractivity contribution < 1.29 is 33.8 Å². The lowest BCUT2D eigenvalue weighted by atomic mass is 10.1. The molecule has 168 valence electrons. The van der Waals surface area contributed by atoms with Gasteiger partial charge in [0.15, 0.2) is 12.2 Å². The molecule has 0 aromatic heterocycles. The van der Waals surface area contributed by atoms with Gasteiger partial charge in [0.25, 0.3) is 5.91 Å². The second kappa shape index (κ2) is 12.2. The van der Waals surface area contributed by atoms with Crippen LogP contribution in [0.15, 0.2) is 24.3 Å². The summed E-state index contributed by atoms with van der Waals surface area (Å²) in [5, 5.41) is 23.0. The molecule has 1 aromatic rings. The van der Waals surface area contributed by atoms with Crippen LogP contribution in [-0.4, -0.2) is 78.3 Å². The van der Waals surface area contributed by atoms with E-state index in [4.69, 9.17) is 10.5 Å². The molecular formula is C18H22ClN5O7. The number of amides is 3. The van der Waals surface area contributed by atoms with Crippen LogP contribution in [0, 0.1) is 5.41 Å². The summed E-state index contributed by atoms with van der Waals surface area (Å²) in [7, 11) is 0. The van der Waals surface area contributed by atoms with Gasteiger partial charge in [-0.15, -0.1) is 12.4 Å². The molecule has 0 spiro atoms. The molecule has 1 unspecified atom stereocenters. The van der Waals surface area contributed by atoms with Gasteiger partial charge in [0.2, 0.25) is 5.91 Å². The molecule has 31 heavy (non-hydrogen) atoms. The van der Waals surface area contributed by atoms with Gasteiger partial charge >= 0.3 is 12.1 Å². The number of piperazine rings is 1. The van der Waals surface area contributed by atoms with Crippen molar-refractivity contribution in [3.63, 3.8) is 0 Å². The van der Waals surface area contributed by atoms with Gasteiger partial charge in [-0.1, -0.05) is 12.1 Å². The number of carbonyl (C=O) groups excluding carboxylic acids is 4. The van der Waals surface area contributed by atoms with Gasteiger partial charge in [-0.25, -0.2) is 4.79 Å². The minimum atomic E-state index is -1.20. The molecule has 0 bridgehead atoms. The van der Waals surface area contributed by atoms with Gasteiger partial charge in [-0.05, 0) is 17.7 Å². The van der Waals surface area contributed by atoms with Gasteiger partial charge in [-0.3, -0.25) is 29.9 Å². The number of ether oxygens (including phenoxy) is 1. The lowest BCUT2D eigenvalue weighted by Crippen LogP contribution is -2.60. The van der Waals surface area contributed by atoms with Gasteiger partial charge in [-0.2, -0.15) is 0 Å². The molecule has 2 rings (SSSR count). The summed E-state index contributed by atoms with van der Waals surface area (Å²) in [5.41, 5.74) is 0.948. The molecule has 1 heterocycles. The SMILES string of the molecule is Cl.N=COC(=O)NCc1ccc(C(=O)NCC(=O)C2NCCN(CC(=O)O)C2=O)cc1. The highest BCUT2D eigenvalue weighted by Crippen LogP contribution is 2.06. The summed E-state index contributed by atoms with van der Waals surface area (Å²) < 4.78 is 4.30. The number of aliphatic carboxylic acids is 1. The van der Waals surface area contributed by atoms with Crippen LogP contribution in [0.1, 0.15) is 15.9 Å². The molecule has 0 radical (unpaired) electrons. The van der Waals surface area contributed by atoms with E-state index in [2.05, 4.69) is 20.7 Å². The fourth-order valence-corrected chi connectivity index (χ4v) is 2.71. The standard InChI is InChI=1S/C18H21N5O7.ClH/c19-10-30-18(29)22-7-11-1-3-12(4-2-11)16(27)21-8-13(24)15-17(28)23(6-5-20-15)9-14(25)26;/h1-4,10,15,19-20H,5-9H2,(H,21,27)(H,22,29)(H,25,26);1H. The zero-order chi connectivity index (χ0) is 22.1. The number of rotatable bonds is 9. The van der Waals surface area contributed by atoms with Gasteiger partial charge in [0.1, 0.15) is 12.6 Å². The maximum Gasteiger partial charge on any atom is 0.413 e. The largest absolute Gasteiger partial charge is 0.480 e. The minimum Gasteiger partial charge on any atom is -0.480 e. The normalized spacial score (nSPS) is 15.3. The van der Waals surface area contributed by atoms with Gasteiger partial charge < -0.3 is 25.4 Å². The van der Waals surface area contributed by atoms with Crippen LogP contribution in [0.25, 0.3) is 0 Å². The number of carbonyl (C=O) groups is 5. The fourth-order valence-electron chi connectivity index (χ4n) is 2.71. The van der Waals surface area contributed by atoms with Crippen LogP contribution in [0.3, 0.4) is 0 Å². The highest BCUT2D eigenvalue weighted by molar-refractivity contribution is 6.08. The molecule has 1 aliphatic rings. The number of ketones is 1. The Morgan fingerprint density at radius 1 is 1.23 bits per heavy atom.